The zero-order valence-corrected chi connectivity index (χ0v) is 14.1. The summed E-state index contributed by atoms with van der Waals surface area (Å²) < 4.78 is 6.33. The molecule has 1 N–H and O–H groups in total. The number of methoxy groups -OCH3 is 1. The average Bonchev–Trinajstić information content (AvgIpc) is 2.48. The SMILES string of the molecule is CNCC(Cc1cncc(Br)c1)Cc1cccc(OC)c1. The van der Waals surface area contributed by atoms with E-state index in [4.69, 9.17) is 4.74 Å². The lowest BCUT2D eigenvalue weighted by molar-refractivity contribution is 0.413. The lowest BCUT2D eigenvalue weighted by Crippen LogP contribution is -2.22. The van der Waals surface area contributed by atoms with Crippen molar-refractivity contribution in [3.05, 3.63) is 58.3 Å². The summed E-state index contributed by atoms with van der Waals surface area (Å²) in [5, 5.41) is 3.29. The minimum Gasteiger partial charge on any atom is -0.497 e. The minimum atomic E-state index is 0.526. The van der Waals surface area contributed by atoms with Gasteiger partial charge in [-0.3, -0.25) is 4.98 Å². The summed E-state index contributed by atoms with van der Waals surface area (Å²) in [6.45, 7) is 0.976. The summed E-state index contributed by atoms with van der Waals surface area (Å²) >= 11 is 3.48. The quantitative estimate of drug-likeness (QED) is 0.831. The summed E-state index contributed by atoms with van der Waals surface area (Å²) in [4.78, 5) is 4.24. The fourth-order valence-electron chi connectivity index (χ4n) is 2.54. The van der Waals surface area contributed by atoms with Gasteiger partial charge in [0, 0.05) is 16.9 Å². The van der Waals surface area contributed by atoms with Crippen molar-refractivity contribution >= 4 is 15.9 Å². The number of pyridine rings is 1. The van der Waals surface area contributed by atoms with E-state index >= 15 is 0 Å². The van der Waals surface area contributed by atoms with E-state index in [0.29, 0.717) is 5.92 Å². The van der Waals surface area contributed by atoms with Crippen molar-refractivity contribution in [2.45, 2.75) is 12.8 Å². The Balaban J connectivity index is 2.07. The van der Waals surface area contributed by atoms with Crippen LogP contribution in [0.3, 0.4) is 0 Å². The second-order valence-corrected chi connectivity index (χ2v) is 6.11. The van der Waals surface area contributed by atoms with Gasteiger partial charge in [0.15, 0.2) is 0 Å². The van der Waals surface area contributed by atoms with E-state index in [9.17, 15) is 0 Å². The predicted octanol–water partition coefficient (Wildman–Crippen LogP) is 3.47. The molecule has 0 aliphatic heterocycles. The average molecular weight is 349 g/mol. The highest BCUT2D eigenvalue weighted by molar-refractivity contribution is 9.10. The van der Waals surface area contributed by atoms with Crippen molar-refractivity contribution in [3.63, 3.8) is 0 Å². The van der Waals surface area contributed by atoms with Gasteiger partial charge in [0.25, 0.3) is 0 Å². The second-order valence-electron chi connectivity index (χ2n) is 5.19. The highest BCUT2D eigenvalue weighted by atomic mass is 79.9. The van der Waals surface area contributed by atoms with E-state index in [2.05, 4.69) is 44.4 Å². The van der Waals surface area contributed by atoms with Gasteiger partial charge in [-0.15, -0.1) is 0 Å². The smallest absolute Gasteiger partial charge is 0.119 e. The first-order valence-corrected chi connectivity index (χ1v) is 7.87. The third-order valence-corrected chi connectivity index (χ3v) is 3.87. The molecule has 0 spiro atoms. The number of ether oxygens (including phenoxy) is 1. The molecular formula is C17H21BrN2O. The van der Waals surface area contributed by atoms with Gasteiger partial charge >= 0.3 is 0 Å². The summed E-state index contributed by atoms with van der Waals surface area (Å²) in [6.07, 6.45) is 5.78. The maximum atomic E-state index is 5.30. The number of nitrogens with zero attached hydrogens (tertiary/aromatic N) is 1. The van der Waals surface area contributed by atoms with Crippen molar-refractivity contribution in [2.24, 2.45) is 5.92 Å². The molecule has 4 heteroatoms. The van der Waals surface area contributed by atoms with E-state index in [1.807, 2.05) is 31.6 Å². The predicted molar refractivity (Wildman–Crippen MR) is 89.8 cm³/mol. The van der Waals surface area contributed by atoms with Gasteiger partial charge in [0.2, 0.25) is 0 Å². The Bertz CT molecular complexity index is 574. The van der Waals surface area contributed by atoms with E-state index in [1.165, 1.54) is 11.1 Å². The van der Waals surface area contributed by atoms with Gasteiger partial charge in [-0.2, -0.15) is 0 Å². The normalized spacial score (nSPS) is 12.1. The number of hydrogen-bond acceptors (Lipinski definition) is 3. The number of hydrogen-bond donors (Lipinski definition) is 1. The molecule has 1 unspecified atom stereocenters. The molecule has 0 saturated carbocycles. The van der Waals surface area contributed by atoms with Crippen LogP contribution in [0, 0.1) is 5.92 Å². The maximum Gasteiger partial charge on any atom is 0.119 e. The molecule has 21 heavy (non-hydrogen) atoms. The lowest BCUT2D eigenvalue weighted by atomic mass is 9.93. The third kappa shape index (κ3) is 5.14. The van der Waals surface area contributed by atoms with Gasteiger partial charge in [-0.1, -0.05) is 12.1 Å². The molecule has 1 atom stereocenters. The van der Waals surface area contributed by atoms with Gasteiger partial charge in [0.1, 0.15) is 5.75 Å². The fourth-order valence-corrected chi connectivity index (χ4v) is 2.95. The van der Waals surface area contributed by atoms with Crippen molar-refractivity contribution in [3.8, 4) is 5.75 Å². The molecule has 0 fully saturated rings. The first-order chi connectivity index (χ1) is 10.2. The molecule has 0 aliphatic carbocycles. The van der Waals surface area contributed by atoms with E-state index in [-0.39, 0.29) is 0 Å². The molecule has 0 bridgehead atoms. The summed E-state index contributed by atoms with van der Waals surface area (Å²) in [5.41, 5.74) is 2.56. The molecule has 1 aromatic carbocycles. The number of aromatic nitrogens is 1. The van der Waals surface area contributed by atoms with Crippen LogP contribution in [0.2, 0.25) is 0 Å². The molecule has 112 valence electrons. The molecule has 0 saturated heterocycles. The zero-order valence-electron chi connectivity index (χ0n) is 12.5. The van der Waals surface area contributed by atoms with Crippen molar-refractivity contribution in [2.75, 3.05) is 20.7 Å². The Morgan fingerprint density at radius 2 is 2.00 bits per heavy atom. The van der Waals surface area contributed by atoms with Crippen LogP contribution >= 0.6 is 15.9 Å². The molecule has 2 rings (SSSR count). The summed E-state index contributed by atoms with van der Waals surface area (Å²) in [7, 11) is 3.70. The fraction of sp³-hybridized carbons (Fsp3) is 0.353. The van der Waals surface area contributed by atoms with Gasteiger partial charge in [-0.05, 0) is 77.6 Å². The van der Waals surface area contributed by atoms with Crippen LogP contribution in [0.25, 0.3) is 0 Å². The van der Waals surface area contributed by atoms with Crippen LogP contribution in [0.5, 0.6) is 5.75 Å². The maximum absolute atomic E-state index is 5.30. The summed E-state index contributed by atoms with van der Waals surface area (Å²) in [6, 6.07) is 10.4. The lowest BCUT2D eigenvalue weighted by Gasteiger charge is -2.17. The molecule has 1 heterocycles. The number of nitrogens with one attached hydrogen (secondary N) is 1. The molecule has 0 aliphatic rings. The van der Waals surface area contributed by atoms with Gasteiger partial charge in [-0.25, -0.2) is 0 Å². The number of rotatable bonds is 7. The van der Waals surface area contributed by atoms with Crippen molar-refractivity contribution in [1.82, 2.24) is 10.3 Å². The Kier molecular flexibility index (Phi) is 6.21. The first kappa shape index (κ1) is 16.0. The third-order valence-electron chi connectivity index (χ3n) is 3.44. The van der Waals surface area contributed by atoms with E-state index in [1.54, 1.807) is 7.11 Å². The van der Waals surface area contributed by atoms with Gasteiger partial charge < -0.3 is 10.1 Å². The highest BCUT2D eigenvalue weighted by Gasteiger charge is 2.11. The highest BCUT2D eigenvalue weighted by Crippen LogP contribution is 2.19. The van der Waals surface area contributed by atoms with Crippen LogP contribution in [0.15, 0.2) is 47.2 Å². The molecule has 0 amide bonds. The Morgan fingerprint density at radius 1 is 1.19 bits per heavy atom. The standard InChI is InChI=1S/C17H21BrN2O/c1-19-10-14(7-15-8-16(18)12-20-11-15)6-13-4-3-5-17(9-13)21-2/h3-5,8-9,11-12,14,19H,6-7,10H2,1-2H3. The van der Waals surface area contributed by atoms with Gasteiger partial charge in [0.05, 0.1) is 7.11 Å². The number of benzene rings is 1. The van der Waals surface area contributed by atoms with Crippen LogP contribution in [-0.2, 0) is 12.8 Å². The Morgan fingerprint density at radius 3 is 2.71 bits per heavy atom. The van der Waals surface area contributed by atoms with E-state index in [0.717, 1.165) is 29.6 Å². The molecular weight excluding hydrogens is 328 g/mol. The largest absolute Gasteiger partial charge is 0.497 e. The van der Waals surface area contributed by atoms with Crippen molar-refractivity contribution in [1.29, 1.82) is 0 Å². The zero-order chi connectivity index (χ0) is 15.1. The van der Waals surface area contributed by atoms with E-state index < -0.39 is 0 Å². The molecule has 0 radical (unpaired) electrons. The first-order valence-electron chi connectivity index (χ1n) is 7.08. The topological polar surface area (TPSA) is 34.2 Å². The summed E-state index contributed by atoms with van der Waals surface area (Å²) in [5.74, 6) is 1.44. The second kappa shape index (κ2) is 8.15. The van der Waals surface area contributed by atoms with Crippen LogP contribution in [0.1, 0.15) is 11.1 Å². The molecule has 2 aromatic rings. The number of halogens is 1. The monoisotopic (exact) mass is 348 g/mol. The molecule has 1 aromatic heterocycles. The van der Waals surface area contributed by atoms with Crippen molar-refractivity contribution < 1.29 is 4.74 Å². The van der Waals surface area contributed by atoms with Crippen LogP contribution in [0.4, 0.5) is 0 Å². The van der Waals surface area contributed by atoms with Crippen LogP contribution in [-0.4, -0.2) is 25.7 Å². The van der Waals surface area contributed by atoms with Crippen LogP contribution < -0.4 is 10.1 Å². The Hall–Kier alpha value is -1.39. The Labute approximate surface area is 134 Å². The molecule has 3 nitrogen and oxygen atoms in total. The minimum absolute atomic E-state index is 0.526.